The number of halogens is 1. The number of esters is 1. The van der Waals surface area contributed by atoms with E-state index in [4.69, 9.17) is 17.0 Å². The third-order valence-electron chi connectivity index (χ3n) is 3.47. The number of hydrogen-bond donors (Lipinski definition) is 0. The number of amides is 1. The summed E-state index contributed by atoms with van der Waals surface area (Å²) in [5.41, 5.74) is 0.951. The summed E-state index contributed by atoms with van der Waals surface area (Å²) in [6, 6.07) is 5.43. The number of rotatable bonds is 6. The fraction of sp³-hybridized carbons (Fsp3) is 0.235. The van der Waals surface area contributed by atoms with Crippen molar-refractivity contribution in [1.29, 1.82) is 0 Å². The Hall–Kier alpha value is -2.19. The lowest BCUT2D eigenvalue weighted by atomic mass is 10.1. The highest BCUT2D eigenvalue weighted by Crippen LogP contribution is 2.29. The van der Waals surface area contributed by atoms with Crippen LogP contribution < -0.4 is 4.74 Å². The molecule has 1 aliphatic rings. The molecule has 2 rings (SSSR count). The summed E-state index contributed by atoms with van der Waals surface area (Å²) in [6.07, 6.45) is 3.27. The first kappa shape index (κ1) is 19.1. The van der Waals surface area contributed by atoms with Crippen LogP contribution in [0.3, 0.4) is 0 Å². The maximum Gasteiger partial charge on any atom is 0.325 e. The molecule has 6 nitrogen and oxygen atoms in total. The second-order valence-corrected chi connectivity index (χ2v) is 6.40. The summed E-state index contributed by atoms with van der Waals surface area (Å²) in [7, 11) is 2.84. The molecule has 0 bridgehead atoms. The van der Waals surface area contributed by atoms with Gasteiger partial charge in [-0.1, -0.05) is 28.6 Å². The van der Waals surface area contributed by atoms with Crippen molar-refractivity contribution in [2.75, 3.05) is 27.3 Å². The molecule has 1 saturated heterocycles. The third kappa shape index (κ3) is 4.26. The van der Waals surface area contributed by atoms with Gasteiger partial charge in [-0.05, 0) is 36.5 Å². The first-order valence-electron chi connectivity index (χ1n) is 7.30. The highest BCUT2D eigenvalue weighted by Gasteiger charge is 2.36. The maximum absolute atomic E-state index is 12.5. The van der Waals surface area contributed by atoms with Crippen LogP contribution in [0.5, 0.6) is 5.75 Å². The molecule has 0 N–H and O–H groups in total. The first-order valence-corrected chi connectivity index (χ1v) is 8.50. The summed E-state index contributed by atoms with van der Waals surface area (Å²) in [4.78, 5) is 26.9. The van der Waals surface area contributed by atoms with Crippen molar-refractivity contribution in [3.8, 4) is 5.75 Å². The molecular formula is C17H17BrN2O4S. The van der Waals surface area contributed by atoms with E-state index in [2.05, 4.69) is 27.2 Å². The lowest BCUT2D eigenvalue weighted by molar-refractivity contribution is -0.140. The van der Waals surface area contributed by atoms with Gasteiger partial charge in [-0.3, -0.25) is 14.5 Å². The molecule has 1 amide bonds. The van der Waals surface area contributed by atoms with E-state index in [1.165, 1.54) is 16.9 Å². The molecule has 0 unspecified atom stereocenters. The van der Waals surface area contributed by atoms with Crippen LogP contribution >= 0.6 is 28.1 Å². The minimum atomic E-state index is -0.492. The van der Waals surface area contributed by atoms with Crippen LogP contribution in [0.25, 0.3) is 6.08 Å². The predicted octanol–water partition coefficient (Wildman–Crippen LogP) is 2.59. The standard InChI is InChI=1S/C17H17BrN2O4S/c1-4-7-24-14-6-5-12(18)8-11(14)9-13-16(22)19(2)17(25)20(13)10-15(21)23-3/h4-6,8-9H,1,7,10H2,2-3H3/b13-9-. The van der Waals surface area contributed by atoms with Crippen molar-refractivity contribution in [3.05, 3.63) is 46.6 Å². The zero-order valence-electron chi connectivity index (χ0n) is 13.8. The maximum atomic E-state index is 12.5. The van der Waals surface area contributed by atoms with Gasteiger partial charge in [-0.2, -0.15) is 0 Å². The molecule has 0 aliphatic carbocycles. The van der Waals surface area contributed by atoms with Crippen LogP contribution in [0.1, 0.15) is 5.56 Å². The smallest absolute Gasteiger partial charge is 0.325 e. The van der Waals surface area contributed by atoms with E-state index in [-0.39, 0.29) is 23.3 Å². The van der Waals surface area contributed by atoms with Gasteiger partial charge < -0.3 is 14.4 Å². The van der Waals surface area contributed by atoms with Gasteiger partial charge in [-0.15, -0.1) is 0 Å². The number of nitrogens with zero attached hydrogens (tertiary/aromatic N) is 2. The molecule has 1 heterocycles. The van der Waals surface area contributed by atoms with Gasteiger partial charge in [0.05, 0.1) is 7.11 Å². The SMILES string of the molecule is C=CCOc1ccc(Br)cc1/C=C1/C(=O)N(C)C(=S)N1CC(=O)OC. The van der Waals surface area contributed by atoms with Gasteiger partial charge in [0.25, 0.3) is 5.91 Å². The highest BCUT2D eigenvalue weighted by atomic mass is 79.9. The molecule has 1 aromatic rings. The lowest BCUT2D eigenvalue weighted by Gasteiger charge is -2.17. The van der Waals surface area contributed by atoms with Crippen molar-refractivity contribution in [2.45, 2.75) is 0 Å². The number of thiocarbonyl (C=S) groups is 1. The second-order valence-electron chi connectivity index (χ2n) is 5.12. The molecule has 0 saturated carbocycles. The Balaban J connectivity index is 2.47. The fourth-order valence-electron chi connectivity index (χ4n) is 2.20. The summed E-state index contributed by atoms with van der Waals surface area (Å²) in [6.45, 7) is 3.81. The summed E-state index contributed by atoms with van der Waals surface area (Å²) in [5.74, 6) is -0.209. The van der Waals surface area contributed by atoms with Gasteiger partial charge in [0.15, 0.2) is 5.11 Å². The second kappa shape index (κ2) is 8.26. The van der Waals surface area contributed by atoms with E-state index in [1.807, 2.05) is 12.1 Å². The Labute approximate surface area is 159 Å². The van der Waals surface area contributed by atoms with Gasteiger partial charge in [-0.25, -0.2) is 0 Å². The molecule has 1 aromatic carbocycles. The van der Waals surface area contributed by atoms with Gasteiger partial charge in [0.2, 0.25) is 0 Å². The van der Waals surface area contributed by atoms with E-state index in [9.17, 15) is 9.59 Å². The fourth-order valence-corrected chi connectivity index (χ4v) is 2.83. The summed E-state index contributed by atoms with van der Waals surface area (Å²) in [5, 5.41) is 0.241. The predicted molar refractivity (Wildman–Crippen MR) is 102 cm³/mol. The number of likely N-dealkylation sites (N-methyl/N-ethyl adjacent to an activating group) is 1. The summed E-state index contributed by atoms with van der Waals surface area (Å²) >= 11 is 8.66. The first-order chi connectivity index (χ1) is 11.9. The average Bonchev–Trinajstić information content (AvgIpc) is 2.79. The van der Waals surface area contributed by atoms with Gasteiger partial charge in [0.1, 0.15) is 24.6 Å². The van der Waals surface area contributed by atoms with E-state index in [1.54, 1.807) is 25.3 Å². The van der Waals surface area contributed by atoms with Crippen molar-refractivity contribution in [2.24, 2.45) is 0 Å². The molecule has 1 aliphatic heterocycles. The van der Waals surface area contributed by atoms with E-state index >= 15 is 0 Å². The Morgan fingerprint density at radius 2 is 2.16 bits per heavy atom. The molecule has 25 heavy (non-hydrogen) atoms. The van der Waals surface area contributed by atoms with Crippen molar-refractivity contribution in [3.63, 3.8) is 0 Å². The normalized spacial score (nSPS) is 15.7. The number of benzene rings is 1. The minimum absolute atomic E-state index is 0.145. The Bertz CT molecular complexity index is 763. The van der Waals surface area contributed by atoms with E-state index in [0.717, 1.165) is 4.47 Å². The Morgan fingerprint density at radius 3 is 2.80 bits per heavy atom. The zero-order valence-corrected chi connectivity index (χ0v) is 16.2. The van der Waals surface area contributed by atoms with Crippen LogP contribution in [0.15, 0.2) is 41.0 Å². The van der Waals surface area contributed by atoms with Crippen LogP contribution in [0.4, 0.5) is 0 Å². The van der Waals surface area contributed by atoms with Gasteiger partial charge >= 0.3 is 5.97 Å². The van der Waals surface area contributed by atoms with Crippen molar-refractivity contribution in [1.82, 2.24) is 9.80 Å². The van der Waals surface area contributed by atoms with E-state index < -0.39 is 5.97 Å². The van der Waals surface area contributed by atoms with Crippen LogP contribution in [0.2, 0.25) is 0 Å². The van der Waals surface area contributed by atoms with Crippen LogP contribution in [-0.4, -0.2) is 54.1 Å². The molecular weight excluding hydrogens is 408 g/mol. The molecule has 0 radical (unpaired) electrons. The number of carbonyl (C=O) groups is 2. The molecule has 0 atom stereocenters. The molecule has 0 spiro atoms. The quantitative estimate of drug-likeness (QED) is 0.302. The van der Waals surface area contributed by atoms with Crippen molar-refractivity contribution < 1.29 is 19.1 Å². The molecule has 1 fully saturated rings. The largest absolute Gasteiger partial charge is 0.489 e. The minimum Gasteiger partial charge on any atom is -0.489 e. The number of carbonyl (C=O) groups excluding carboxylic acids is 2. The van der Waals surface area contributed by atoms with Crippen LogP contribution in [-0.2, 0) is 14.3 Å². The number of methoxy groups -OCH3 is 1. The molecule has 132 valence electrons. The highest BCUT2D eigenvalue weighted by molar-refractivity contribution is 9.10. The van der Waals surface area contributed by atoms with Gasteiger partial charge in [0, 0.05) is 17.1 Å². The number of hydrogen-bond acceptors (Lipinski definition) is 5. The zero-order chi connectivity index (χ0) is 18.6. The van der Waals surface area contributed by atoms with Crippen LogP contribution in [0, 0.1) is 0 Å². The topological polar surface area (TPSA) is 59.1 Å². The molecule has 0 aromatic heterocycles. The Morgan fingerprint density at radius 1 is 1.44 bits per heavy atom. The average molecular weight is 425 g/mol. The van der Waals surface area contributed by atoms with Crippen molar-refractivity contribution >= 4 is 51.2 Å². The third-order valence-corrected chi connectivity index (χ3v) is 4.46. The monoisotopic (exact) mass is 424 g/mol. The molecule has 8 heteroatoms. The summed E-state index contributed by atoms with van der Waals surface area (Å²) < 4.78 is 11.1. The lowest BCUT2D eigenvalue weighted by Crippen LogP contribution is -2.33. The van der Waals surface area contributed by atoms with E-state index in [0.29, 0.717) is 17.9 Å². The Kier molecular flexibility index (Phi) is 6.33. The number of ether oxygens (including phenoxy) is 2.